The number of anilines is 1. The van der Waals surface area contributed by atoms with Crippen LogP contribution in [0, 0.1) is 0 Å². The minimum absolute atomic E-state index is 0.0795. The average Bonchev–Trinajstić information content (AvgIpc) is 2.89. The van der Waals surface area contributed by atoms with Crippen molar-refractivity contribution in [1.82, 2.24) is 0 Å². The Hall–Kier alpha value is -4.76. The van der Waals surface area contributed by atoms with E-state index in [9.17, 15) is 27.9 Å². The van der Waals surface area contributed by atoms with E-state index >= 15 is 0 Å². The molecule has 0 unspecified atom stereocenters. The molecule has 4 aromatic carbocycles. The molecule has 0 fully saturated rings. The van der Waals surface area contributed by atoms with Gasteiger partial charge in [0.25, 0.3) is 10.0 Å². The number of sulfonamides is 1. The van der Waals surface area contributed by atoms with E-state index in [1.54, 1.807) is 24.3 Å². The fourth-order valence-electron chi connectivity index (χ4n) is 4.20. The number of hydrogen-bond donors (Lipinski definition) is 2. The van der Waals surface area contributed by atoms with E-state index in [0.29, 0.717) is 0 Å². The molecule has 0 saturated carbocycles. The first-order valence-electron chi connectivity index (χ1n) is 11.1. The standard InChI is InChI=1S/C28H19NO7S/c1-16(30)36-28-23(15-22-24(27(28)33)26(32)21-10-6-5-9-20(21)25(22)31)29-37(34,35)19-13-11-18(12-14-19)17-7-3-2-4-8-17/h2-15,29,33H,1H3. The summed E-state index contributed by atoms with van der Waals surface area (Å²) in [6, 6.07) is 22.6. The van der Waals surface area contributed by atoms with Crippen LogP contribution in [0.5, 0.6) is 11.5 Å². The van der Waals surface area contributed by atoms with Crippen LogP contribution in [0.1, 0.15) is 38.8 Å². The van der Waals surface area contributed by atoms with Gasteiger partial charge in [0.05, 0.1) is 16.1 Å². The summed E-state index contributed by atoms with van der Waals surface area (Å²) < 4.78 is 33.8. The number of carbonyl (C=O) groups excluding carboxylic acids is 3. The van der Waals surface area contributed by atoms with Gasteiger partial charge in [-0.15, -0.1) is 0 Å². The van der Waals surface area contributed by atoms with Crippen molar-refractivity contribution in [1.29, 1.82) is 0 Å². The highest BCUT2D eigenvalue weighted by atomic mass is 32.2. The van der Waals surface area contributed by atoms with Gasteiger partial charge in [0, 0.05) is 23.6 Å². The molecule has 0 aromatic heterocycles. The molecular weight excluding hydrogens is 494 g/mol. The molecule has 2 N–H and O–H groups in total. The van der Waals surface area contributed by atoms with Crippen molar-refractivity contribution in [2.75, 3.05) is 4.72 Å². The van der Waals surface area contributed by atoms with Gasteiger partial charge >= 0.3 is 5.97 Å². The van der Waals surface area contributed by atoms with Gasteiger partial charge in [0.2, 0.25) is 0 Å². The molecule has 0 radical (unpaired) electrons. The number of hydrogen-bond acceptors (Lipinski definition) is 7. The van der Waals surface area contributed by atoms with Gasteiger partial charge in [-0.25, -0.2) is 8.42 Å². The monoisotopic (exact) mass is 513 g/mol. The second-order valence-corrected chi connectivity index (χ2v) is 10.0. The summed E-state index contributed by atoms with van der Waals surface area (Å²) in [5, 5.41) is 10.9. The van der Waals surface area contributed by atoms with Gasteiger partial charge in [0.1, 0.15) is 0 Å². The minimum atomic E-state index is -4.25. The van der Waals surface area contributed by atoms with Crippen LogP contribution in [0.4, 0.5) is 5.69 Å². The molecule has 0 bridgehead atoms. The highest BCUT2D eigenvalue weighted by molar-refractivity contribution is 7.92. The number of benzene rings is 4. The maximum Gasteiger partial charge on any atom is 0.308 e. The summed E-state index contributed by atoms with van der Waals surface area (Å²) in [6.45, 7) is 1.06. The topological polar surface area (TPSA) is 127 Å². The molecule has 37 heavy (non-hydrogen) atoms. The molecule has 0 amide bonds. The Morgan fingerprint density at radius 1 is 0.784 bits per heavy atom. The van der Waals surface area contributed by atoms with Gasteiger partial charge < -0.3 is 9.84 Å². The number of phenolic OH excluding ortho intramolecular Hbond substituents is 1. The maximum absolute atomic E-state index is 13.2. The van der Waals surface area contributed by atoms with Crippen molar-refractivity contribution in [3.63, 3.8) is 0 Å². The van der Waals surface area contributed by atoms with E-state index in [4.69, 9.17) is 4.74 Å². The number of ketones is 2. The molecule has 184 valence electrons. The second kappa shape index (κ2) is 9.03. The molecule has 0 aliphatic heterocycles. The summed E-state index contributed by atoms with van der Waals surface area (Å²) in [7, 11) is -4.25. The molecule has 4 aromatic rings. The highest BCUT2D eigenvalue weighted by Gasteiger charge is 2.36. The lowest BCUT2D eigenvalue weighted by Crippen LogP contribution is -2.23. The number of carbonyl (C=O) groups is 3. The van der Waals surface area contributed by atoms with Gasteiger partial charge in [0.15, 0.2) is 23.1 Å². The van der Waals surface area contributed by atoms with Crippen molar-refractivity contribution in [3.8, 4) is 22.6 Å². The Kier molecular flexibility index (Phi) is 5.85. The predicted octanol–water partition coefficient (Wildman–Crippen LogP) is 4.56. The second-order valence-electron chi connectivity index (χ2n) is 8.32. The van der Waals surface area contributed by atoms with Crippen LogP contribution in [-0.2, 0) is 14.8 Å². The molecule has 5 rings (SSSR count). The smallest absolute Gasteiger partial charge is 0.308 e. The fraction of sp³-hybridized carbons (Fsp3) is 0.0357. The van der Waals surface area contributed by atoms with E-state index in [-0.39, 0.29) is 32.8 Å². The lowest BCUT2D eigenvalue weighted by Gasteiger charge is -2.22. The van der Waals surface area contributed by atoms with Crippen LogP contribution < -0.4 is 9.46 Å². The Morgan fingerprint density at radius 3 is 1.97 bits per heavy atom. The van der Waals surface area contributed by atoms with Crippen LogP contribution in [0.3, 0.4) is 0 Å². The summed E-state index contributed by atoms with van der Waals surface area (Å²) in [4.78, 5) is 37.9. The van der Waals surface area contributed by atoms with E-state index in [1.165, 1.54) is 24.3 Å². The SMILES string of the molecule is CC(=O)Oc1c(NS(=O)(=O)c2ccc(-c3ccccc3)cc2)cc2c(c1O)C(=O)c1ccccc1C2=O. The van der Waals surface area contributed by atoms with Crippen LogP contribution in [0.2, 0.25) is 0 Å². The minimum Gasteiger partial charge on any atom is -0.504 e. The Labute approximate surface area is 212 Å². The van der Waals surface area contributed by atoms with Crippen LogP contribution in [0.15, 0.2) is 89.8 Å². The molecule has 0 heterocycles. The number of nitrogens with one attached hydrogen (secondary N) is 1. The average molecular weight is 514 g/mol. The Bertz CT molecular complexity index is 1690. The third-order valence-corrected chi connectivity index (χ3v) is 7.29. The summed E-state index contributed by atoms with van der Waals surface area (Å²) in [5.41, 5.74) is 0.957. The van der Waals surface area contributed by atoms with E-state index < -0.39 is 39.1 Å². The molecule has 1 aliphatic carbocycles. The van der Waals surface area contributed by atoms with Crippen molar-refractivity contribution < 1.29 is 32.6 Å². The van der Waals surface area contributed by atoms with Gasteiger partial charge in [-0.1, -0.05) is 66.7 Å². The first kappa shape index (κ1) is 24.0. The van der Waals surface area contributed by atoms with Gasteiger partial charge in [-0.3, -0.25) is 19.1 Å². The number of rotatable bonds is 5. The lowest BCUT2D eigenvalue weighted by atomic mass is 9.83. The highest BCUT2D eigenvalue weighted by Crippen LogP contribution is 2.44. The zero-order chi connectivity index (χ0) is 26.3. The lowest BCUT2D eigenvalue weighted by molar-refractivity contribution is -0.131. The summed E-state index contributed by atoms with van der Waals surface area (Å²) in [6.07, 6.45) is 0. The Morgan fingerprint density at radius 2 is 1.35 bits per heavy atom. The number of aromatic hydroxyl groups is 1. The summed E-state index contributed by atoms with van der Waals surface area (Å²) in [5.74, 6) is -3.48. The number of ether oxygens (including phenoxy) is 1. The first-order chi connectivity index (χ1) is 17.7. The zero-order valence-electron chi connectivity index (χ0n) is 19.4. The van der Waals surface area contributed by atoms with Crippen molar-refractivity contribution in [2.24, 2.45) is 0 Å². The van der Waals surface area contributed by atoms with E-state index in [0.717, 1.165) is 24.1 Å². The van der Waals surface area contributed by atoms with Crippen molar-refractivity contribution >= 4 is 33.2 Å². The van der Waals surface area contributed by atoms with Crippen LogP contribution >= 0.6 is 0 Å². The number of fused-ring (bicyclic) bond motifs is 2. The molecule has 8 nitrogen and oxygen atoms in total. The van der Waals surface area contributed by atoms with Crippen LogP contribution in [0.25, 0.3) is 11.1 Å². The van der Waals surface area contributed by atoms with Gasteiger partial charge in [-0.05, 0) is 29.3 Å². The molecule has 0 saturated heterocycles. The molecule has 0 spiro atoms. The number of esters is 1. The van der Waals surface area contributed by atoms with Crippen LogP contribution in [-0.4, -0.2) is 31.1 Å². The summed E-state index contributed by atoms with van der Waals surface area (Å²) >= 11 is 0. The zero-order valence-corrected chi connectivity index (χ0v) is 20.2. The largest absolute Gasteiger partial charge is 0.504 e. The van der Waals surface area contributed by atoms with Crippen molar-refractivity contribution in [3.05, 3.63) is 107 Å². The first-order valence-corrected chi connectivity index (χ1v) is 12.6. The number of phenols is 1. The van der Waals surface area contributed by atoms with E-state index in [1.807, 2.05) is 30.3 Å². The third kappa shape index (κ3) is 4.25. The predicted molar refractivity (Wildman–Crippen MR) is 135 cm³/mol. The van der Waals surface area contributed by atoms with Crippen molar-refractivity contribution in [2.45, 2.75) is 11.8 Å². The normalized spacial score (nSPS) is 12.5. The molecule has 9 heteroatoms. The quantitative estimate of drug-likeness (QED) is 0.261. The fourth-order valence-corrected chi connectivity index (χ4v) is 5.26. The molecule has 1 aliphatic rings. The van der Waals surface area contributed by atoms with E-state index in [2.05, 4.69) is 4.72 Å². The maximum atomic E-state index is 13.2. The Balaban J connectivity index is 1.58. The third-order valence-electron chi connectivity index (χ3n) is 5.90. The van der Waals surface area contributed by atoms with Gasteiger partial charge in [-0.2, -0.15) is 0 Å². The molecular formula is C28H19NO7S. The molecule has 0 atom stereocenters.